The number of hydrogen-bond acceptors (Lipinski definition) is 3. The maximum absolute atomic E-state index is 12.1. The number of aromatic carboxylic acids is 1. The Morgan fingerprint density at radius 1 is 1.00 bits per heavy atom. The molecule has 0 fully saturated rings. The molecule has 0 aliphatic heterocycles. The third-order valence-corrected chi connectivity index (χ3v) is 5.18. The van der Waals surface area contributed by atoms with E-state index in [1.54, 1.807) is 12.1 Å². The van der Waals surface area contributed by atoms with Gasteiger partial charge in [0.05, 0.1) is 0 Å². The van der Waals surface area contributed by atoms with Gasteiger partial charge in [-0.1, -0.05) is 48.5 Å². The van der Waals surface area contributed by atoms with Crippen molar-refractivity contribution < 1.29 is 9.90 Å². The van der Waals surface area contributed by atoms with Gasteiger partial charge in [-0.15, -0.1) is 11.3 Å². The quantitative estimate of drug-likeness (QED) is 0.619. The summed E-state index contributed by atoms with van der Waals surface area (Å²) < 4.78 is 1.29. The summed E-state index contributed by atoms with van der Waals surface area (Å²) in [5.41, 5.74) is 0.800. The van der Waals surface area contributed by atoms with Gasteiger partial charge < -0.3 is 5.11 Å². The second-order valence-corrected chi connectivity index (χ2v) is 6.65. The second kappa shape index (κ2) is 5.62. The Morgan fingerprint density at radius 2 is 1.75 bits per heavy atom. The first-order valence-corrected chi connectivity index (χ1v) is 8.30. The van der Waals surface area contributed by atoms with Crippen molar-refractivity contribution in [2.24, 2.45) is 0 Å². The summed E-state index contributed by atoms with van der Waals surface area (Å²) >= 11 is 1.35. The number of pyridine rings is 1. The van der Waals surface area contributed by atoms with Crippen molar-refractivity contribution >= 4 is 32.9 Å². The Bertz CT molecular complexity index is 1130. The third-order valence-electron chi connectivity index (χ3n) is 4.07. The molecule has 1 N–H and O–H groups in total. The number of carboxylic acids is 1. The van der Waals surface area contributed by atoms with Gasteiger partial charge in [-0.25, -0.2) is 4.79 Å². The van der Waals surface area contributed by atoms with Gasteiger partial charge in [-0.05, 0) is 22.4 Å². The van der Waals surface area contributed by atoms with Crippen LogP contribution in [0.4, 0.5) is 0 Å². The van der Waals surface area contributed by atoms with E-state index < -0.39 is 5.97 Å². The van der Waals surface area contributed by atoms with Crippen LogP contribution in [0.25, 0.3) is 15.6 Å². The fourth-order valence-electron chi connectivity index (χ4n) is 3.02. The summed E-state index contributed by atoms with van der Waals surface area (Å²) in [5, 5.41) is 11.8. The number of rotatable bonds is 3. The largest absolute Gasteiger partial charge is 0.477 e. The predicted molar refractivity (Wildman–Crippen MR) is 95.3 cm³/mol. The minimum atomic E-state index is -1.08. The Labute approximate surface area is 141 Å². The minimum absolute atomic E-state index is 0.0635. The lowest BCUT2D eigenvalue weighted by atomic mass is 10.0. The number of carbonyl (C=O) groups is 1. The van der Waals surface area contributed by atoms with Gasteiger partial charge in [0.2, 0.25) is 0 Å². The predicted octanol–water partition coefficient (Wildman–Crippen LogP) is 3.80. The molecular formula is C19H13NO3S. The molecule has 4 rings (SSSR count). The van der Waals surface area contributed by atoms with Gasteiger partial charge in [0.25, 0.3) is 5.56 Å². The molecule has 2 heterocycles. The van der Waals surface area contributed by atoms with Crippen molar-refractivity contribution in [1.82, 2.24) is 4.40 Å². The van der Waals surface area contributed by atoms with E-state index in [2.05, 4.69) is 0 Å². The van der Waals surface area contributed by atoms with Crippen LogP contribution in [0, 0.1) is 0 Å². The highest BCUT2D eigenvalue weighted by atomic mass is 32.1. The Morgan fingerprint density at radius 3 is 2.58 bits per heavy atom. The highest BCUT2D eigenvalue weighted by Gasteiger charge is 2.20. The molecule has 0 atom stereocenters. The summed E-state index contributed by atoms with van der Waals surface area (Å²) in [6, 6.07) is 18.8. The van der Waals surface area contributed by atoms with E-state index in [0.717, 1.165) is 16.3 Å². The molecule has 0 aliphatic rings. The first kappa shape index (κ1) is 14.7. The van der Waals surface area contributed by atoms with Gasteiger partial charge in [0.15, 0.2) is 0 Å². The van der Waals surface area contributed by atoms with E-state index in [1.807, 2.05) is 42.5 Å². The number of nitrogens with zero attached hydrogens (tertiary/aromatic N) is 1. The first-order valence-electron chi connectivity index (χ1n) is 7.48. The molecule has 2 aromatic heterocycles. The van der Waals surface area contributed by atoms with Crippen molar-refractivity contribution in [3.63, 3.8) is 0 Å². The average molecular weight is 335 g/mol. The van der Waals surface area contributed by atoms with Crippen molar-refractivity contribution in [2.75, 3.05) is 0 Å². The number of carboxylic acid groups (broad SMARTS) is 1. The lowest BCUT2D eigenvalue weighted by Crippen LogP contribution is -2.17. The molecule has 2 aromatic carbocycles. The third kappa shape index (κ3) is 2.30. The fourth-order valence-corrected chi connectivity index (χ4v) is 4.20. The summed E-state index contributed by atoms with van der Waals surface area (Å²) in [4.78, 5) is 25.2. The lowest BCUT2D eigenvalue weighted by molar-refractivity contribution is 0.0688. The van der Waals surface area contributed by atoms with Gasteiger partial charge in [0.1, 0.15) is 10.5 Å². The van der Waals surface area contributed by atoms with Crippen molar-refractivity contribution in [2.45, 2.75) is 6.42 Å². The van der Waals surface area contributed by atoms with Gasteiger partial charge in [-0.2, -0.15) is 0 Å². The molecule has 118 valence electrons. The van der Waals surface area contributed by atoms with Crippen LogP contribution >= 0.6 is 11.3 Å². The SMILES string of the molecule is O=C(O)c1c(Cc2cccc3ccccc23)sc2cccc(=O)n12. The van der Waals surface area contributed by atoms with Crippen LogP contribution in [0.15, 0.2) is 65.5 Å². The summed E-state index contributed by atoms with van der Waals surface area (Å²) in [7, 11) is 0. The minimum Gasteiger partial charge on any atom is -0.477 e. The zero-order valence-corrected chi connectivity index (χ0v) is 13.4. The molecule has 0 saturated heterocycles. The number of aromatic nitrogens is 1. The smallest absolute Gasteiger partial charge is 0.354 e. The molecule has 0 aliphatic carbocycles. The van der Waals surface area contributed by atoms with Crippen LogP contribution < -0.4 is 5.56 Å². The summed E-state index contributed by atoms with van der Waals surface area (Å²) in [6.45, 7) is 0. The number of fused-ring (bicyclic) bond motifs is 2. The van der Waals surface area contributed by atoms with E-state index in [9.17, 15) is 14.7 Å². The molecule has 5 heteroatoms. The average Bonchev–Trinajstić information content (AvgIpc) is 2.95. The molecule has 4 nitrogen and oxygen atoms in total. The molecule has 4 aromatic rings. The normalized spacial score (nSPS) is 11.2. The zero-order valence-electron chi connectivity index (χ0n) is 12.6. The van der Waals surface area contributed by atoms with Crippen LogP contribution in [0.5, 0.6) is 0 Å². The number of hydrogen-bond donors (Lipinski definition) is 1. The highest BCUT2D eigenvalue weighted by Crippen LogP contribution is 2.28. The molecule has 0 unspecified atom stereocenters. The van der Waals surface area contributed by atoms with E-state index in [1.165, 1.54) is 21.8 Å². The van der Waals surface area contributed by atoms with Crippen molar-refractivity contribution in [1.29, 1.82) is 0 Å². The summed E-state index contributed by atoms with van der Waals surface area (Å²) in [6.07, 6.45) is 0.481. The monoisotopic (exact) mass is 335 g/mol. The molecule has 0 amide bonds. The molecule has 0 saturated carbocycles. The fraction of sp³-hybridized carbons (Fsp3) is 0.0526. The van der Waals surface area contributed by atoms with Crippen LogP contribution in [-0.4, -0.2) is 15.5 Å². The Hall–Kier alpha value is -2.92. The van der Waals surface area contributed by atoms with Gasteiger partial charge in [-0.3, -0.25) is 9.20 Å². The van der Waals surface area contributed by atoms with E-state index in [4.69, 9.17) is 0 Å². The Balaban J connectivity index is 1.94. The van der Waals surface area contributed by atoms with Crippen LogP contribution in [0.3, 0.4) is 0 Å². The van der Waals surface area contributed by atoms with Gasteiger partial charge in [0, 0.05) is 17.4 Å². The van der Waals surface area contributed by atoms with Crippen LogP contribution in [-0.2, 0) is 6.42 Å². The molecule has 24 heavy (non-hydrogen) atoms. The Kier molecular flexibility index (Phi) is 3.43. The molecule has 0 radical (unpaired) electrons. The standard InChI is InChI=1S/C19H13NO3S/c21-16-9-4-10-17-20(16)18(19(22)23)15(24-17)11-13-7-3-6-12-5-1-2-8-14(12)13/h1-10H,11H2,(H,22,23). The number of benzene rings is 2. The van der Waals surface area contributed by atoms with Gasteiger partial charge >= 0.3 is 5.97 Å². The van der Waals surface area contributed by atoms with Crippen molar-refractivity contribution in [3.05, 3.63) is 87.2 Å². The van der Waals surface area contributed by atoms with Crippen LogP contribution in [0.2, 0.25) is 0 Å². The molecule has 0 bridgehead atoms. The zero-order chi connectivity index (χ0) is 16.7. The lowest BCUT2D eigenvalue weighted by Gasteiger charge is -2.06. The van der Waals surface area contributed by atoms with E-state index in [-0.39, 0.29) is 11.3 Å². The first-order chi connectivity index (χ1) is 11.6. The summed E-state index contributed by atoms with van der Waals surface area (Å²) in [5.74, 6) is -1.08. The molecule has 0 spiro atoms. The molecular weight excluding hydrogens is 322 g/mol. The topological polar surface area (TPSA) is 58.8 Å². The number of thiazole rings is 1. The highest BCUT2D eigenvalue weighted by molar-refractivity contribution is 7.17. The van der Waals surface area contributed by atoms with Crippen molar-refractivity contribution in [3.8, 4) is 0 Å². The maximum Gasteiger partial charge on any atom is 0.354 e. The van der Waals surface area contributed by atoms with E-state index >= 15 is 0 Å². The second-order valence-electron chi connectivity index (χ2n) is 5.53. The van der Waals surface area contributed by atoms with Crippen LogP contribution in [0.1, 0.15) is 20.9 Å². The maximum atomic E-state index is 12.1. The van der Waals surface area contributed by atoms with E-state index in [0.29, 0.717) is 16.1 Å².